The average Bonchev–Trinajstić information content (AvgIpc) is 3.17. The number of urea groups is 1. The van der Waals surface area contributed by atoms with Crippen LogP contribution in [-0.2, 0) is 14.3 Å². The summed E-state index contributed by atoms with van der Waals surface area (Å²) in [5.74, 6) is 0.381. The molecule has 3 atom stereocenters. The van der Waals surface area contributed by atoms with Crippen LogP contribution in [0.25, 0.3) is 0 Å². The maximum atomic E-state index is 12.4. The van der Waals surface area contributed by atoms with Gasteiger partial charge in [-0.15, -0.1) is 0 Å². The van der Waals surface area contributed by atoms with E-state index in [-0.39, 0.29) is 18.6 Å². The van der Waals surface area contributed by atoms with Crippen molar-refractivity contribution in [2.24, 2.45) is 11.8 Å². The first-order valence-electron chi connectivity index (χ1n) is 8.32. The van der Waals surface area contributed by atoms with Crippen LogP contribution in [0.1, 0.15) is 52.4 Å². The monoisotopic (exact) mass is 308 g/mol. The largest absolute Gasteiger partial charge is 0.461 e. The molecular formula is C16H24N2O4. The lowest BCUT2D eigenvalue weighted by atomic mass is 9.93. The van der Waals surface area contributed by atoms with Crippen molar-refractivity contribution in [2.75, 3.05) is 6.54 Å². The molecule has 0 radical (unpaired) electrons. The van der Waals surface area contributed by atoms with E-state index in [0.29, 0.717) is 24.7 Å². The van der Waals surface area contributed by atoms with Crippen LogP contribution in [0, 0.1) is 11.8 Å². The number of nitrogens with one attached hydrogen (secondary N) is 1. The first kappa shape index (κ1) is 15.3. The van der Waals surface area contributed by atoms with Gasteiger partial charge in [0.15, 0.2) is 0 Å². The third-order valence-electron chi connectivity index (χ3n) is 5.70. The summed E-state index contributed by atoms with van der Waals surface area (Å²) in [5, 5.41) is 2.72. The maximum Gasteiger partial charge on any atom is 0.326 e. The summed E-state index contributed by atoms with van der Waals surface area (Å²) in [6.45, 7) is 3.44. The number of carbonyl (C=O) groups excluding carboxylic acids is 3. The van der Waals surface area contributed by atoms with Crippen molar-refractivity contribution in [1.29, 1.82) is 0 Å². The zero-order valence-electron chi connectivity index (χ0n) is 13.3. The molecule has 3 unspecified atom stereocenters. The summed E-state index contributed by atoms with van der Waals surface area (Å²) in [4.78, 5) is 37.6. The fraction of sp³-hybridized carbons (Fsp3) is 0.812. The van der Waals surface area contributed by atoms with Gasteiger partial charge in [-0.2, -0.15) is 0 Å². The molecule has 0 aromatic carbocycles. The SMILES string of the molecule is CCC1(CC)NC(=O)N(CC(=O)OC2CC3CCC2C3)C1=O. The summed E-state index contributed by atoms with van der Waals surface area (Å²) in [5.41, 5.74) is -0.857. The van der Waals surface area contributed by atoms with Crippen LogP contribution in [-0.4, -0.2) is 41.0 Å². The molecule has 1 heterocycles. The molecule has 1 saturated heterocycles. The summed E-state index contributed by atoms with van der Waals surface area (Å²) >= 11 is 0. The van der Waals surface area contributed by atoms with Gasteiger partial charge in [0.2, 0.25) is 0 Å². The number of amides is 3. The van der Waals surface area contributed by atoms with Gasteiger partial charge in [-0.25, -0.2) is 4.79 Å². The highest BCUT2D eigenvalue weighted by molar-refractivity contribution is 6.08. The van der Waals surface area contributed by atoms with Gasteiger partial charge in [0.1, 0.15) is 18.2 Å². The van der Waals surface area contributed by atoms with Crippen molar-refractivity contribution in [3.05, 3.63) is 0 Å². The summed E-state index contributed by atoms with van der Waals surface area (Å²) in [6.07, 6.45) is 5.47. The number of carbonyl (C=O) groups is 3. The van der Waals surface area contributed by atoms with Gasteiger partial charge in [0.25, 0.3) is 5.91 Å². The van der Waals surface area contributed by atoms with Crippen LogP contribution in [0.5, 0.6) is 0 Å². The molecule has 0 aromatic heterocycles. The number of hydrogen-bond acceptors (Lipinski definition) is 4. The van der Waals surface area contributed by atoms with E-state index < -0.39 is 17.5 Å². The topological polar surface area (TPSA) is 75.7 Å². The molecule has 122 valence electrons. The number of ether oxygens (including phenoxy) is 1. The molecule has 1 N–H and O–H groups in total. The third kappa shape index (κ3) is 2.38. The molecule has 2 bridgehead atoms. The molecular weight excluding hydrogens is 284 g/mol. The lowest BCUT2D eigenvalue weighted by Crippen LogP contribution is -2.46. The Labute approximate surface area is 130 Å². The van der Waals surface area contributed by atoms with Crippen LogP contribution in [0.15, 0.2) is 0 Å². The second-order valence-corrected chi connectivity index (χ2v) is 6.81. The van der Waals surface area contributed by atoms with E-state index in [1.165, 1.54) is 6.42 Å². The quantitative estimate of drug-likeness (QED) is 0.621. The second-order valence-electron chi connectivity index (χ2n) is 6.81. The fourth-order valence-electron chi connectivity index (χ4n) is 4.21. The van der Waals surface area contributed by atoms with E-state index in [0.717, 1.165) is 24.2 Å². The molecule has 3 fully saturated rings. The van der Waals surface area contributed by atoms with E-state index in [4.69, 9.17) is 4.74 Å². The van der Waals surface area contributed by atoms with E-state index in [1.54, 1.807) is 0 Å². The van der Waals surface area contributed by atoms with Gasteiger partial charge < -0.3 is 10.1 Å². The van der Waals surface area contributed by atoms with Gasteiger partial charge in [0.05, 0.1) is 0 Å². The Hall–Kier alpha value is -1.59. The summed E-state index contributed by atoms with van der Waals surface area (Å²) < 4.78 is 5.53. The van der Waals surface area contributed by atoms with Crippen molar-refractivity contribution in [1.82, 2.24) is 10.2 Å². The Morgan fingerprint density at radius 3 is 2.50 bits per heavy atom. The zero-order valence-corrected chi connectivity index (χ0v) is 13.3. The van der Waals surface area contributed by atoms with Gasteiger partial charge in [-0.05, 0) is 50.4 Å². The lowest BCUT2D eigenvalue weighted by molar-refractivity contribution is -0.154. The summed E-state index contributed by atoms with van der Waals surface area (Å²) in [7, 11) is 0. The van der Waals surface area contributed by atoms with Gasteiger partial charge in [-0.3, -0.25) is 14.5 Å². The Kier molecular flexibility index (Phi) is 3.87. The van der Waals surface area contributed by atoms with E-state index >= 15 is 0 Å². The standard InChI is InChI=1S/C16H24N2O4/c1-3-16(4-2)14(20)18(15(21)17-16)9-13(19)22-12-8-10-5-6-11(12)7-10/h10-12H,3-9H2,1-2H3,(H,17,21). The third-order valence-corrected chi connectivity index (χ3v) is 5.70. The summed E-state index contributed by atoms with van der Waals surface area (Å²) in [6, 6.07) is -0.487. The minimum absolute atomic E-state index is 0.0193. The predicted octanol–water partition coefficient (Wildman–Crippen LogP) is 1.83. The molecule has 3 rings (SSSR count). The molecule has 6 heteroatoms. The minimum Gasteiger partial charge on any atom is -0.461 e. The fourth-order valence-corrected chi connectivity index (χ4v) is 4.21. The van der Waals surface area contributed by atoms with Gasteiger partial charge >= 0.3 is 12.0 Å². The predicted molar refractivity (Wildman–Crippen MR) is 78.9 cm³/mol. The number of fused-ring (bicyclic) bond motifs is 2. The first-order chi connectivity index (χ1) is 10.5. The molecule has 3 amide bonds. The molecule has 2 aliphatic carbocycles. The Morgan fingerprint density at radius 1 is 1.27 bits per heavy atom. The highest BCUT2D eigenvalue weighted by Gasteiger charge is 2.49. The Balaban J connectivity index is 1.59. The normalized spacial score (nSPS) is 32.5. The van der Waals surface area contributed by atoms with Crippen LogP contribution in [0.2, 0.25) is 0 Å². The minimum atomic E-state index is -0.857. The second kappa shape index (κ2) is 5.56. The number of rotatable bonds is 5. The lowest BCUT2D eigenvalue weighted by Gasteiger charge is -2.24. The number of hydrogen-bond donors (Lipinski definition) is 1. The first-order valence-corrected chi connectivity index (χ1v) is 8.32. The molecule has 0 spiro atoms. The molecule has 3 aliphatic rings. The highest BCUT2D eigenvalue weighted by atomic mass is 16.5. The molecule has 22 heavy (non-hydrogen) atoms. The molecule has 1 aliphatic heterocycles. The zero-order chi connectivity index (χ0) is 15.9. The number of nitrogens with zero attached hydrogens (tertiary/aromatic N) is 1. The van der Waals surface area contributed by atoms with E-state index in [1.807, 2.05) is 13.8 Å². The number of esters is 1. The smallest absolute Gasteiger partial charge is 0.326 e. The van der Waals surface area contributed by atoms with Gasteiger partial charge in [0, 0.05) is 0 Å². The van der Waals surface area contributed by atoms with E-state index in [9.17, 15) is 14.4 Å². The van der Waals surface area contributed by atoms with Crippen LogP contribution in [0.4, 0.5) is 4.79 Å². The van der Waals surface area contributed by atoms with Crippen molar-refractivity contribution in [3.63, 3.8) is 0 Å². The Morgan fingerprint density at radius 2 is 2.00 bits per heavy atom. The van der Waals surface area contributed by atoms with Gasteiger partial charge in [-0.1, -0.05) is 13.8 Å². The maximum absolute atomic E-state index is 12.4. The van der Waals surface area contributed by atoms with Crippen molar-refractivity contribution >= 4 is 17.9 Å². The highest BCUT2D eigenvalue weighted by Crippen LogP contribution is 2.45. The number of imide groups is 1. The van der Waals surface area contributed by atoms with Crippen molar-refractivity contribution < 1.29 is 19.1 Å². The molecule has 0 aromatic rings. The Bertz CT molecular complexity index is 500. The van der Waals surface area contributed by atoms with Crippen LogP contribution in [0.3, 0.4) is 0 Å². The van der Waals surface area contributed by atoms with Crippen LogP contribution < -0.4 is 5.32 Å². The van der Waals surface area contributed by atoms with Crippen LogP contribution >= 0.6 is 0 Å². The van der Waals surface area contributed by atoms with Crippen molar-refractivity contribution in [3.8, 4) is 0 Å². The molecule has 2 saturated carbocycles. The van der Waals surface area contributed by atoms with E-state index in [2.05, 4.69) is 5.32 Å². The van der Waals surface area contributed by atoms with Crippen molar-refractivity contribution in [2.45, 2.75) is 64.0 Å². The molecule has 6 nitrogen and oxygen atoms in total. The average molecular weight is 308 g/mol.